The Kier molecular flexibility index (Phi) is 6.04. The molecule has 0 saturated heterocycles. The van der Waals surface area contributed by atoms with Crippen molar-refractivity contribution in [2.45, 2.75) is 46.0 Å². The van der Waals surface area contributed by atoms with Crippen LogP contribution in [0.15, 0.2) is 35.3 Å². The summed E-state index contributed by atoms with van der Waals surface area (Å²) in [5, 5.41) is 0. The second-order valence-electron chi connectivity index (χ2n) is 6.26. The Morgan fingerprint density at radius 3 is 2.32 bits per heavy atom. The number of rotatable bonds is 4. The summed E-state index contributed by atoms with van der Waals surface area (Å²) in [5.41, 5.74) is 4.58. The Labute approximate surface area is 119 Å². The number of aliphatic imine (C=N–C) groups is 1. The van der Waals surface area contributed by atoms with Gasteiger partial charge in [-0.2, -0.15) is 0 Å². The van der Waals surface area contributed by atoms with E-state index in [1.807, 2.05) is 24.4 Å². The van der Waals surface area contributed by atoms with Gasteiger partial charge in [0.05, 0.1) is 6.04 Å². The van der Waals surface area contributed by atoms with Crippen molar-refractivity contribution < 1.29 is 0 Å². The van der Waals surface area contributed by atoms with Gasteiger partial charge in [-0.3, -0.25) is 4.99 Å². The smallest absolute Gasteiger partial charge is 0.129 e. The van der Waals surface area contributed by atoms with E-state index in [4.69, 9.17) is 4.99 Å². The summed E-state index contributed by atoms with van der Waals surface area (Å²) in [6, 6.07) is 10.6. The monoisotopic (exact) mass is 271 g/mol. The first-order valence-corrected chi connectivity index (χ1v) is 10.5. The molecule has 0 amide bonds. The molecular weight excluding hydrogens is 246 g/mol. The van der Waals surface area contributed by atoms with Crippen LogP contribution in [0.1, 0.15) is 25.8 Å². The van der Waals surface area contributed by atoms with E-state index in [2.05, 4.69) is 57.1 Å². The van der Waals surface area contributed by atoms with Crippen LogP contribution in [0.2, 0.25) is 19.6 Å². The molecule has 1 atom stereocenters. The molecule has 0 radical (unpaired) electrons. The van der Waals surface area contributed by atoms with Gasteiger partial charge in [0.2, 0.25) is 0 Å². The number of hydrogen-bond acceptors (Lipinski definition) is 1. The molecule has 0 unspecified atom stereocenters. The van der Waals surface area contributed by atoms with Crippen LogP contribution in [0, 0.1) is 17.4 Å². The maximum Gasteiger partial charge on any atom is 0.129 e. The molecule has 1 aromatic rings. The van der Waals surface area contributed by atoms with Gasteiger partial charge in [-0.1, -0.05) is 63.8 Å². The number of benzene rings is 1. The topological polar surface area (TPSA) is 12.4 Å². The zero-order chi connectivity index (χ0) is 14.3. The highest BCUT2D eigenvalue weighted by Crippen LogP contribution is 2.11. The average Bonchev–Trinajstić information content (AvgIpc) is 2.33. The molecule has 0 bridgehead atoms. The fourth-order valence-corrected chi connectivity index (χ4v) is 2.23. The third-order valence-corrected chi connectivity index (χ3v) is 3.69. The van der Waals surface area contributed by atoms with E-state index in [-0.39, 0.29) is 0 Å². The number of hydrogen-bond donors (Lipinski definition) is 0. The average molecular weight is 271 g/mol. The molecule has 0 saturated carbocycles. The Morgan fingerprint density at radius 1 is 1.16 bits per heavy atom. The van der Waals surface area contributed by atoms with Crippen molar-refractivity contribution in [1.29, 1.82) is 0 Å². The van der Waals surface area contributed by atoms with Gasteiger partial charge < -0.3 is 0 Å². The van der Waals surface area contributed by atoms with Crippen molar-refractivity contribution in [3.63, 3.8) is 0 Å². The van der Waals surface area contributed by atoms with Crippen molar-refractivity contribution in [3.05, 3.63) is 35.9 Å². The third kappa shape index (κ3) is 6.98. The van der Waals surface area contributed by atoms with Crippen LogP contribution in [0.4, 0.5) is 0 Å². The molecule has 1 aromatic carbocycles. The fourth-order valence-electron chi connectivity index (χ4n) is 1.60. The van der Waals surface area contributed by atoms with Gasteiger partial charge in [-0.25, -0.2) is 0 Å². The minimum absolute atomic E-state index is 0.295. The molecule has 102 valence electrons. The van der Waals surface area contributed by atoms with E-state index < -0.39 is 8.07 Å². The summed E-state index contributed by atoms with van der Waals surface area (Å²) in [6.07, 6.45) is 2.84. The van der Waals surface area contributed by atoms with E-state index in [1.165, 1.54) is 0 Å². The predicted molar refractivity (Wildman–Crippen MR) is 88.4 cm³/mol. The lowest BCUT2D eigenvalue weighted by Crippen LogP contribution is -2.17. The van der Waals surface area contributed by atoms with Crippen molar-refractivity contribution in [1.82, 2.24) is 0 Å². The lowest BCUT2D eigenvalue weighted by atomic mass is 10.0. The zero-order valence-corrected chi connectivity index (χ0v) is 13.8. The van der Waals surface area contributed by atoms with Gasteiger partial charge in [-0.05, 0) is 11.5 Å². The molecule has 0 fully saturated rings. The Hall–Kier alpha value is -1.33. The molecule has 2 heteroatoms. The van der Waals surface area contributed by atoms with Gasteiger partial charge >= 0.3 is 0 Å². The first kappa shape index (κ1) is 15.7. The van der Waals surface area contributed by atoms with Gasteiger partial charge in [0.25, 0.3) is 0 Å². The van der Waals surface area contributed by atoms with Crippen LogP contribution in [0.5, 0.6) is 0 Å². The van der Waals surface area contributed by atoms with E-state index in [9.17, 15) is 0 Å². The van der Waals surface area contributed by atoms with E-state index >= 15 is 0 Å². The van der Waals surface area contributed by atoms with Crippen LogP contribution in [0.25, 0.3) is 0 Å². The summed E-state index contributed by atoms with van der Waals surface area (Å²) >= 11 is 0. The van der Waals surface area contributed by atoms with Crippen molar-refractivity contribution in [3.8, 4) is 11.5 Å². The maximum absolute atomic E-state index is 4.70. The van der Waals surface area contributed by atoms with E-state index in [0.29, 0.717) is 12.0 Å². The maximum atomic E-state index is 4.70. The Morgan fingerprint density at radius 2 is 1.79 bits per heavy atom. The zero-order valence-electron chi connectivity index (χ0n) is 12.8. The molecule has 0 N–H and O–H groups in total. The Balaban J connectivity index is 2.68. The van der Waals surface area contributed by atoms with Crippen molar-refractivity contribution in [2.24, 2.45) is 10.9 Å². The highest BCUT2D eigenvalue weighted by atomic mass is 28.3. The van der Waals surface area contributed by atoms with E-state index in [1.54, 1.807) is 0 Å². The quantitative estimate of drug-likeness (QED) is 0.437. The van der Waals surface area contributed by atoms with Crippen LogP contribution in [0.3, 0.4) is 0 Å². The molecular formula is C17H25NSi. The first-order valence-electron chi connectivity index (χ1n) is 6.97. The Bertz CT molecular complexity index is 458. The van der Waals surface area contributed by atoms with Crippen LogP contribution < -0.4 is 0 Å². The lowest BCUT2D eigenvalue weighted by molar-refractivity contribution is 0.506. The van der Waals surface area contributed by atoms with Crippen LogP contribution in [-0.4, -0.2) is 20.3 Å². The van der Waals surface area contributed by atoms with Gasteiger partial charge in [0.15, 0.2) is 0 Å². The highest BCUT2D eigenvalue weighted by molar-refractivity contribution is 6.83. The predicted octanol–water partition coefficient (Wildman–Crippen LogP) is 4.40. The molecule has 1 nitrogen and oxygen atoms in total. The molecule has 0 aliphatic rings. The molecule has 0 aliphatic heterocycles. The summed E-state index contributed by atoms with van der Waals surface area (Å²) < 4.78 is 0. The normalized spacial score (nSPS) is 13.4. The van der Waals surface area contributed by atoms with Crippen LogP contribution in [-0.2, 0) is 0 Å². The SMILES string of the molecule is CC(C)[C@H](CC#C[Si](C)(C)C)N=Cc1ccccc1. The summed E-state index contributed by atoms with van der Waals surface area (Å²) in [7, 11) is -1.26. The summed E-state index contributed by atoms with van der Waals surface area (Å²) in [5.74, 6) is 3.86. The van der Waals surface area contributed by atoms with Gasteiger partial charge in [0.1, 0.15) is 8.07 Å². The minimum Gasteiger partial charge on any atom is -0.288 e. The molecule has 0 aliphatic carbocycles. The molecule has 0 heterocycles. The van der Waals surface area contributed by atoms with Gasteiger partial charge in [0, 0.05) is 12.6 Å². The molecule has 1 rings (SSSR count). The second-order valence-corrected chi connectivity index (χ2v) is 11.0. The van der Waals surface area contributed by atoms with Gasteiger partial charge in [-0.15, -0.1) is 11.5 Å². The van der Waals surface area contributed by atoms with Crippen molar-refractivity contribution >= 4 is 14.3 Å². The third-order valence-electron chi connectivity index (χ3n) is 2.76. The largest absolute Gasteiger partial charge is 0.288 e. The molecule has 0 spiro atoms. The minimum atomic E-state index is -1.26. The van der Waals surface area contributed by atoms with E-state index in [0.717, 1.165) is 12.0 Å². The standard InChI is InChI=1S/C17H25NSi/c1-15(2)17(12-9-13-19(3,4)5)18-14-16-10-7-6-8-11-16/h6-8,10-11,14-15,17H,12H2,1-5H3/t17-/m0/s1. The fraction of sp³-hybridized carbons (Fsp3) is 0.471. The van der Waals surface area contributed by atoms with Crippen molar-refractivity contribution in [2.75, 3.05) is 0 Å². The van der Waals surface area contributed by atoms with Crippen LogP contribution >= 0.6 is 0 Å². The lowest BCUT2D eigenvalue weighted by Gasteiger charge is -2.13. The summed E-state index contributed by atoms with van der Waals surface area (Å²) in [4.78, 5) is 4.70. The second kappa shape index (κ2) is 7.30. The highest BCUT2D eigenvalue weighted by Gasteiger charge is 2.11. The summed E-state index contributed by atoms with van der Waals surface area (Å²) in [6.45, 7) is 11.2. The molecule has 19 heavy (non-hydrogen) atoms. The number of nitrogens with zero attached hydrogens (tertiary/aromatic N) is 1. The first-order chi connectivity index (χ1) is 8.88. The molecule has 0 aromatic heterocycles.